The Morgan fingerprint density at radius 3 is 2.71 bits per heavy atom. The van der Waals surface area contributed by atoms with Crippen LogP contribution in [0.2, 0.25) is 10.0 Å². The van der Waals surface area contributed by atoms with Crippen molar-refractivity contribution in [1.29, 1.82) is 0 Å². The van der Waals surface area contributed by atoms with Gasteiger partial charge in [0, 0.05) is 40.6 Å². The van der Waals surface area contributed by atoms with E-state index in [-0.39, 0.29) is 5.91 Å². The molecule has 1 fully saturated rings. The number of hydrogen-bond donors (Lipinski definition) is 1. The quantitative estimate of drug-likeness (QED) is 0.857. The van der Waals surface area contributed by atoms with Crippen molar-refractivity contribution in [3.8, 4) is 0 Å². The first-order chi connectivity index (χ1) is 11.6. The van der Waals surface area contributed by atoms with Crippen molar-refractivity contribution in [3.63, 3.8) is 0 Å². The molecule has 1 amide bonds. The minimum absolute atomic E-state index is 0.0615. The first-order valence-electron chi connectivity index (χ1n) is 7.59. The van der Waals surface area contributed by atoms with Gasteiger partial charge in [0.2, 0.25) is 5.91 Å². The van der Waals surface area contributed by atoms with Crippen LogP contribution in [0.3, 0.4) is 0 Å². The molecule has 1 saturated heterocycles. The highest BCUT2D eigenvalue weighted by Crippen LogP contribution is 2.29. The summed E-state index contributed by atoms with van der Waals surface area (Å²) in [5, 5.41) is 4.70. The molecular formula is C16H17Cl2N3O2S. The Labute approximate surface area is 154 Å². The monoisotopic (exact) mass is 385 g/mol. The Hall–Kier alpha value is -1.18. The lowest BCUT2D eigenvalue weighted by molar-refractivity contribution is -0.118. The van der Waals surface area contributed by atoms with Gasteiger partial charge >= 0.3 is 0 Å². The molecule has 8 heteroatoms. The number of carbonyl (C=O) groups excluding carboxylic acids is 1. The summed E-state index contributed by atoms with van der Waals surface area (Å²) in [5.41, 5.74) is 0.871. The third kappa shape index (κ3) is 4.68. The number of thiazole rings is 1. The van der Waals surface area contributed by atoms with Crippen molar-refractivity contribution in [1.82, 2.24) is 9.88 Å². The fourth-order valence-corrected chi connectivity index (χ4v) is 3.82. The second kappa shape index (κ2) is 8.27. The number of aromatic nitrogens is 1. The number of halogens is 2. The zero-order valence-corrected chi connectivity index (χ0v) is 15.3. The van der Waals surface area contributed by atoms with E-state index in [9.17, 15) is 4.79 Å². The molecule has 2 heterocycles. The largest absolute Gasteiger partial charge is 0.379 e. The summed E-state index contributed by atoms with van der Waals surface area (Å²) in [5.74, 6) is -0.0615. The summed E-state index contributed by atoms with van der Waals surface area (Å²) < 4.78 is 5.27. The molecule has 0 bridgehead atoms. The maximum absolute atomic E-state index is 12.1. The maximum Gasteiger partial charge on any atom is 0.240 e. The summed E-state index contributed by atoms with van der Waals surface area (Å²) in [4.78, 5) is 19.4. The fraction of sp³-hybridized carbons (Fsp3) is 0.375. The van der Waals surface area contributed by atoms with E-state index in [4.69, 9.17) is 27.9 Å². The second-order valence-corrected chi connectivity index (χ2v) is 7.38. The lowest BCUT2D eigenvalue weighted by Gasteiger charge is -2.25. The van der Waals surface area contributed by atoms with Gasteiger partial charge in [0.25, 0.3) is 0 Å². The van der Waals surface area contributed by atoms with Crippen LogP contribution in [-0.4, -0.2) is 48.6 Å². The highest BCUT2D eigenvalue weighted by atomic mass is 35.5. The predicted octanol–water partition coefficient (Wildman–Crippen LogP) is 3.31. The second-order valence-electron chi connectivity index (χ2n) is 5.45. The van der Waals surface area contributed by atoms with Crippen LogP contribution in [0.15, 0.2) is 24.4 Å². The van der Waals surface area contributed by atoms with Gasteiger partial charge in [-0.25, -0.2) is 4.98 Å². The van der Waals surface area contributed by atoms with Gasteiger partial charge in [0.1, 0.15) is 0 Å². The van der Waals surface area contributed by atoms with Crippen molar-refractivity contribution >= 4 is 45.6 Å². The van der Waals surface area contributed by atoms with Crippen LogP contribution < -0.4 is 5.32 Å². The van der Waals surface area contributed by atoms with Crippen LogP contribution in [0, 0.1) is 0 Å². The van der Waals surface area contributed by atoms with Gasteiger partial charge in [0.05, 0.1) is 19.8 Å². The molecular weight excluding hydrogens is 369 g/mol. The van der Waals surface area contributed by atoms with Crippen molar-refractivity contribution in [2.45, 2.75) is 6.42 Å². The van der Waals surface area contributed by atoms with Crippen molar-refractivity contribution in [2.75, 3.05) is 38.2 Å². The number of rotatable bonds is 5. The molecule has 1 aliphatic rings. The summed E-state index contributed by atoms with van der Waals surface area (Å²) in [7, 11) is 0. The Bertz CT molecular complexity index is 697. The third-order valence-electron chi connectivity index (χ3n) is 3.68. The minimum Gasteiger partial charge on any atom is -0.379 e. The van der Waals surface area contributed by atoms with Gasteiger partial charge in [0.15, 0.2) is 5.13 Å². The fourth-order valence-electron chi connectivity index (χ4n) is 2.44. The van der Waals surface area contributed by atoms with Crippen LogP contribution in [-0.2, 0) is 16.0 Å². The Kier molecular flexibility index (Phi) is 6.08. The van der Waals surface area contributed by atoms with E-state index >= 15 is 0 Å². The van der Waals surface area contributed by atoms with Crippen LogP contribution in [0.25, 0.3) is 0 Å². The molecule has 0 aliphatic carbocycles. The van der Waals surface area contributed by atoms with E-state index < -0.39 is 0 Å². The lowest BCUT2D eigenvalue weighted by Crippen LogP contribution is -2.41. The van der Waals surface area contributed by atoms with E-state index in [0.717, 1.165) is 23.5 Å². The van der Waals surface area contributed by atoms with Crippen LogP contribution in [0.1, 0.15) is 10.4 Å². The van der Waals surface area contributed by atoms with Gasteiger partial charge in [-0.1, -0.05) is 29.3 Å². The Morgan fingerprint density at radius 1 is 1.29 bits per heavy atom. The number of ether oxygens (including phenoxy) is 1. The normalized spacial score (nSPS) is 15.4. The predicted molar refractivity (Wildman–Crippen MR) is 97.3 cm³/mol. The Morgan fingerprint density at radius 2 is 2.00 bits per heavy atom. The zero-order valence-electron chi connectivity index (χ0n) is 12.9. The molecule has 1 N–H and O–H groups in total. The molecule has 2 aromatic rings. The number of nitrogens with zero attached hydrogens (tertiary/aromatic N) is 2. The average molecular weight is 386 g/mol. The molecule has 0 atom stereocenters. The highest BCUT2D eigenvalue weighted by Gasteiger charge is 2.15. The molecule has 128 valence electrons. The number of morpholine rings is 1. The van der Waals surface area contributed by atoms with Gasteiger partial charge in [-0.15, -0.1) is 11.3 Å². The van der Waals surface area contributed by atoms with E-state index in [2.05, 4.69) is 15.2 Å². The molecule has 0 unspecified atom stereocenters. The molecule has 0 spiro atoms. The van der Waals surface area contributed by atoms with Crippen LogP contribution in [0.4, 0.5) is 5.13 Å². The number of anilines is 1. The van der Waals surface area contributed by atoms with Crippen LogP contribution >= 0.6 is 34.5 Å². The molecule has 1 aliphatic heterocycles. The SMILES string of the molecule is O=C(CN1CCOCC1)Nc1ncc(Cc2c(Cl)cccc2Cl)s1. The molecule has 5 nitrogen and oxygen atoms in total. The topological polar surface area (TPSA) is 54.5 Å². The average Bonchev–Trinajstić information content (AvgIpc) is 2.99. The number of nitrogens with one attached hydrogen (secondary N) is 1. The molecule has 0 saturated carbocycles. The van der Waals surface area contributed by atoms with Gasteiger partial charge < -0.3 is 10.1 Å². The van der Waals surface area contributed by atoms with Gasteiger partial charge in [-0.05, 0) is 17.7 Å². The van der Waals surface area contributed by atoms with Gasteiger partial charge in [-0.2, -0.15) is 0 Å². The number of carbonyl (C=O) groups is 1. The molecule has 3 rings (SSSR count). The minimum atomic E-state index is -0.0615. The molecule has 1 aromatic carbocycles. The van der Waals surface area contributed by atoms with Crippen molar-refractivity contribution < 1.29 is 9.53 Å². The van der Waals surface area contributed by atoms with Gasteiger partial charge in [-0.3, -0.25) is 9.69 Å². The van der Waals surface area contributed by atoms with Crippen molar-refractivity contribution in [3.05, 3.63) is 44.9 Å². The number of amides is 1. The first-order valence-corrected chi connectivity index (χ1v) is 9.16. The van der Waals surface area contributed by atoms with E-state index in [0.29, 0.717) is 41.4 Å². The standard InChI is InChI=1S/C16H17Cl2N3O2S/c17-13-2-1-3-14(18)12(13)8-11-9-19-16(24-11)20-15(22)10-21-4-6-23-7-5-21/h1-3,9H,4-8,10H2,(H,19,20,22). The zero-order chi connectivity index (χ0) is 16.9. The lowest BCUT2D eigenvalue weighted by atomic mass is 10.1. The summed E-state index contributed by atoms with van der Waals surface area (Å²) in [6, 6.07) is 5.45. The Balaban J connectivity index is 1.58. The third-order valence-corrected chi connectivity index (χ3v) is 5.30. The van der Waals surface area contributed by atoms with E-state index in [1.165, 1.54) is 11.3 Å². The number of benzene rings is 1. The van der Waals surface area contributed by atoms with E-state index in [1.807, 2.05) is 18.2 Å². The molecule has 24 heavy (non-hydrogen) atoms. The number of hydrogen-bond acceptors (Lipinski definition) is 5. The summed E-state index contributed by atoms with van der Waals surface area (Å²) >= 11 is 13.8. The highest BCUT2D eigenvalue weighted by molar-refractivity contribution is 7.15. The maximum atomic E-state index is 12.1. The van der Waals surface area contributed by atoms with Crippen molar-refractivity contribution in [2.24, 2.45) is 0 Å². The van der Waals surface area contributed by atoms with E-state index in [1.54, 1.807) is 6.20 Å². The van der Waals surface area contributed by atoms with Crippen LogP contribution in [0.5, 0.6) is 0 Å². The smallest absolute Gasteiger partial charge is 0.240 e. The summed E-state index contributed by atoms with van der Waals surface area (Å²) in [6.45, 7) is 3.26. The summed E-state index contributed by atoms with van der Waals surface area (Å²) in [6.07, 6.45) is 2.34. The molecule has 0 radical (unpaired) electrons. The first kappa shape index (κ1) is 17.6. The molecule has 1 aromatic heterocycles.